The molecule has 0 spiro atoms. The van der Waals surface area contributed by atoms with Crippen molar-refractivity contribution in [1.82, 2.24) is 10.0 Å². The molecule has 0 N–H and O–H groups in total. The maximum Gasteiger partial charge on any atom is 0.429 e. The predicted octanol–water partition coefficient (Wildman–Crippen LogP) is 5.71. The molecule has 0 aliphatic heterocycles. The lowest BCUT2D eigenvalue weighted by molar-refractivity contribution is -0.0488. The fourth-order valence-electron chi connectivity index (χ4n) is 2.50. The van der Waals surface area contributed by atoms with E-state index >= 15 is 0 Å². The molecule has 0 atom stereocenters. The molecule has 0 aliphatic rings. The number of hydrogen-bond donors (Lipinski definition) is 0. The number of hydrogen-bond acceptors (Lipinski definition) is 4. The summed E-state index contributed by atoms with van der Waals surface area (Å²) < 4.78 is 11.0. The average Bonchev–Trinajstić information content (AvgIpc) is 2.67. The highest BCUT2D eigenvalue weighted by Crippen LogP contribution is 2.15. The van der Waals surface area contributed by atoms with E-state index in [1.807, 2.05) is 30.3 Å². The molecule has 0 aliphatic carbocycles. The summed E-state index contributed by atoms with van der Waals surface area (Å²) in [6.45, 7) is 13.6. The highest BCUT2D eigenvalue weighted by atomic mass is 16.6. The molecule has 6 heteroatoms. The Morgan fingerprint density at radius 2 is 1.45 bits per heavy atom. The zero-order chi connectivity index (χ0) is 21.7. The lowest BCUT2D eigenvalue weighted by atomic mass is 10.2. The summed E-state index contributed by atoms with van der Waals surface area (Å²) in [7, 11) is 0. The van der Waals surface area contributed by atoms with Crippen LogP contribution in [0.2, 0.25) is 0 Å². The van der Waals surface area contributed by atoms with E-state index < -0.39 is 17.8 Å². The van der Waals surface area contributed by atoms with Crippen molar-refractivity contribution in [3.8, 4) is 0 Å². The molecule has 1 aromatic carbocycles. The van der Waals surface area contributed by atoms with Crippen LogP contribution in [-0.2, 0) is 16.1 Å². The summed E-state index contributed by atoms with van der Waals surface area (Å²) in [5, 5.41) is 2.68. The Hall–Kier alpha value is -2.76. The average molecular weight is 403 g/mol. The Labute approximate surface area is 174 Å². The van der Waals surface area contributed by atoms with Crippen LogP contribution in [0.3, 0.4) is 0 Å². The van der Waals surface area contributed by atoms with Gasteiger partial charge in [0.05, 0.1) is 0 Å². The molecule has 0 radical (unpaired) electrons. The van der Waals surface area contributed by atoms with Gasteiger partial charge in [-0.15, -0.1) is 13.2 Å². The number of nitrogens with zero attached hydrogens (tertiary/aromatic N) is 2. The number of allylic oxidation sites excluding steroid dienone is 2. The number of carbonyl (C=O) groups excluding carboxylic acids is 2. The Balaban J connectivity index is 2.96. The van der Waals surface area contributed by atoms with E-state index in [0.29, 0.717) is 25.9 Å². The molecule has 6 nitrogen and oxygen atoms in total. The fourth-order valence-corrected chi connectivity index (χ4v) is 2.50. The zero-order valence-electron chi connectivity index (χ0n) is 17.9. The van der Waals surface area contributed by atoms with Gasteiger partial charge in [-0.3, -0.25) is 0 Å². The van der Waals surface area contributed by atoms with Crippen molar-refractivity contribution in [2.24, 2.45) is 0 Å². The van der Waals surface area contributed by atoms with Gasteiger partial charge in [0.1, 0.15) is 12.2 Å². The van der Waals surface area contributed by atoms with Gasteiger partial charge < -0.3 is 9.47 Å². The molecule has 160 valence electrons. The van der Waals surface area contributed by atoms with Crippen molar-refractivity contribution in [2.45, 2.75) is 58.7 Å². The molecular weight excluding hydrogens is 368 g/mol. The third-order valence-corrected chi connectivity index (χ3v) is 3.87. The van der Waals surface area contributed by atoms with Crippen LogP contribution < -0.4 is 0 Å². The number of carbonyl (C=O) groups is 2. The number of unbranched alkanes of at least 4 members (excludes halogenated alkanes) is 2. The summed E-state index contributed by atoms with van der Waals surface area (Å²) >= 11 is 0. The van der Waals surface area contributed by atoms with Crippen molar-refractivity contribution >= 4 is 12.2 Å². The molecule has 1 aromatic rings. The molecule has 0 saturated heterocycles. The quantitative estimate of drug-likeness (QED) is 0.286. The van der Waals surface area contributed by atoms with Crippen LogP contribution in [0.1, 0.15) is 52.0 Å². The Bertz CT molecular complexity index is 653. The first-order valence-electron chi connectivity index (χ1n) is 9.99. The SMILES string of the molecule is C=CCCCN(C(=O)OCc1ccccc1)N(CCCC=C)C(=O)OC(C)(C)C. The number of ether oxygens (including phenoxy) is 2. The van der Waals surface area contributed by atoms with Crippen molar-refractivity contribution in [1.29, 1.82) is 0 Å². The summed E-state index contributed by atoms with van der Waals surface area (Å²) in [6.07, 6.45) is 5.17. The molecule has 29 heavy (non-hydrogen) atoms. The number of benzene rings is 1. The lowest BCUT2D eigenvalue weighted by Gasteiger charge is -2.35. The van der Waals surface area contributed by atoms with Gasteiger partial charge in [-0.2, -0.15) is 0 Å². The summed E-state index contributed by atoms with van der Waals surface area (Å²) in [5.74, 6) is 0. The van der Waals surface area contributed by atoms with Gasteiger partial charge in [0.25, 0.3) is 0 Å². The minimum Gasteiger partial charge on any atom is -0.443 e. The highest BCUT2D eigenvalue weighted by molar-refractivity contribution is 5.74. The van der Waals surface area contributed by atoms with E-state index in [1.165, 1.54) is 10.0 Å². The van der Waals surface area contributed by atoms with Crippen molar-refractivity contribution in [3.63, 3.8) is 0 Å². The minimum absolute atomic E-state index is 0.131. The largest absolute Gasteiger partial charge is 0.443 e. The van der Waals surface area contributed by atoms with E-state index in [0.717, 1.165) is 18.4 Å². The topological polar surface area (TPSA) is 59.1 Å². The number of rotatable bonds is 10. The van der Waals surface area contributed by atoms with E-state index in [1.54, 1.807) is 32.9 Å². The molecule has 2 amide bonds. The summed E-state index contributed by atoms with van der Waals surface area (Å²) in [4.78, 5) is 25.7. The second-order valence-electron chi connectivity index (χ2n) is 7.63. The third-order valence-electron chi connectivity index (χ3n) is 3.87. The van der Waals surface area contributed by atoms with Crippen LogP contribution in [0.4, 0.5) is 9.59 Å². The van der Waals surface area contributed by atoms with E-state index in [2.05, 4.69) is 13.2 Å². The van der Waals surface area contributed by atoms with Gasteiger partial charge in [-0.05, 0) is 52.0 Å². The number of amides is 2. The van der Waals surface area contributed by atoms with Crippen LogP contribution >= 0.6 is 0 Å². The first-order chi connectivity index (χ1) is 13.8. The van der Waals surface area contributed by atoms with Crippen molar-refractivity contribution in [3.05, 3.63) is 61.2 Å². The van der Waals surface area contributed by atoms with Gasteiger partial charge in [0.2, 0.25) is 0 Å². The van der Waals surface area contributed by atoms with E-state index in [9.17, 15) is 9.59 Å². The normalized spacial score (nSPS) is 10.7. The molecule has 0 unspecified atom stereocenters. The first-order valence-corrected chi connectivity index (χ1v) is 9.99. The second kappa shape index (κ2) is 12.6. The van der Waals surface area contributed by atoms with Gasteiger partial charge in [-0.1, -0.05) is 42.5 Å². The fraction of sp³-hybridized carbons (Fsp3) is 0.478. The minimum atomic E-state index is -0.672. The van der Waals surface area contributed by atoms with Gasteiger partial charge >= 0.3 is 12.2 Å². The monoisotopic (exact) mass is 402 g/mol. The van der Waals surface area contributed by atoms with Gasteiger partial charge in [-0.25, -0.2) is 19.6 Å². The van der Waals surface area contributed by atoms with E-state index in [-0.39, 0.29) is 6.61 Å². The van der Waals surface area contributed by atoms with Crippen LogP contribution in [0, 0.1) is 0 Å². The van der Waals surface area contributed by atoms with Crippen molar-refractivity contribution < 1.29 is 19.1 Å². The molecule has 0 aromatic heterocycles. The third kappa shape index (κ3) is 9.83. The predicted molar refractivity (Wildman–Crippen MR) is 115 cm³/mol. The molecule has 0 bridgehead atoms. The molecule has 1 rings (SSSR count). The van der Waals surface area contributed by atoms with Crippen molar-refractivity contribution in [2.75, 3.05) is 13.1 Å². The zero-order valence-corrected chi connectivity index (χ0v) is 17.9. The van der Waals surface area contributed by atoms with Crippen LogP contribution in [-0.4, -0.2) is 40.9 Å². The first kappa shape index (κ1) is 24.3. The summed E-state index contributed by atoms with van der Waals surface area (Å²) in [5.41, 5.74) is 0.205. The summed E-state index contributed by atoms with van der Waals surface area (Å²) in [6, 6.07) is 9.42. The molecule has 0 fully saturated rings. The maximum atomic E-state index is 12.9. The maximum absolute atomic E-state index is 12.9. The lowest BCUT2D eigenvalue weighted by Crippen LogP contribution is -2.52. The molecule has 0 saturated carbocycles. The highest BCUT2D eigenvalue weighted by Gasteiger charge is 2.30. The smallest absolute Gasteiger partial charge is 0.429 e. The van der Waals surface area contributed by atoms with Gasteiger partial charge in [0.15, 0.2) is 0 Å². The Morgan fingerprint density at radius 3 is 1.93 bits per heavy atom. The molecular formula is C23H34N2O4. The second-order valence-corrected chi connectivity index (χ2v) is 7.63. The van der Waals surface area contributed by atoms with Crippen LogP contribution in [0.25, 0.3) is 0 Å². The van der Waals surface area contributed by atoms with Crippen LogP contribution in [0.5, 0.6) is 0 Å². The van der Waals surface area contributed by atoms with E-state index in [4.69, 9.17) is 9.47 Å². The van der Waals surface area contributed by atoms with Gasteiger partial charge in [0, 0.05) is 13.1 Å². The molecule has 0 heterocycles. The number of hydrazine groups is 1. The Morgan fingerprint density at radius 1 is 0.931 bits per heavy atom. The standard InChI is InChI=1S/C23H34N2O4/c1-6-8-13-17-24(21(26)28-19-20-15-11-10-12-16-20)25(18-14-9-7-2)22(27)29-23(3,4)5/h6-7,10-12,15-16H,1-2,8-9,13-14,17-19H2,3-5H3. The van der Waals surface area contributed by atoms with Crippen LogP contribution in [0.15, 0.2) is 55.6 Å². The Kier molecular flexibility index (Phi) is 10.6.